The molecule has 4 heteroatoms. The van der Waals surface area contributed by atoms with Crippen molar-refractivity contribution in [2.75, 3.05) is 5.32 Å². The molecule has 0 aromatic heterocycles. The average Bonchev–Trinajstić information content (AvgIpc) is 2.99. The van der Waals surface area contributed by atoms with Gasteiger partial charge in [-0.05, 0) is 29.9 Å². The summed E-state index contributed by atoms with van der Waals surface area (Å²) in [5.74, 6) is -1.18. The van der Waals surface area contributed by atoms with Crippen LogP contribution in [0.25, 0.3) is 0 Å². The van der Waals surface area contributed by atoms with Crippen molar-refractivity contribution in [3.05, 3.63) is 29.3 Å². The molecule has 1 aromatic rings. The Balaban J connectivity index is 2.15. The molecule has 3 atom stereocenters. The van der Waals surface area contributed by atoms with Gasteiger partial charge in [0.25, 0.3) is 0 Å². The predicted molar refractivity (Wildman–Crippen MR) is 55.0 cm³/mol. The molecule has 1 aromatic carbocycles. The van der Waals surface area contributed by atoms with E-state index in [1.54, 1.807) is 0 Å². The van der Waals surface area contributed by atoms with E-state index in [1.807, 2.05) is 6.92 Å². The second-order valence-electron chi connectivity index (χ2n) is 4.64. The second-order valence-corrected chi connectivity index (χ2v) is 4.64. The summed E-state index contributed by atoms with van der Waals surface area (Å²) in [6.45, 7) is 1.83. The van der Waals surface area contributed by atoms with Gasteiger partial charge in [0.15, 0.2) is 0 Å². The molecule has 84 valence electrons. The molecule has 1 aliphatic heterocycles. The van der Waals surface area contributed by atoms with Crippen LogP contribution in [0.15, 0.2) is 12.1 Å². The van der Waals surface area contributed by atoms with Gasteiger partial charge in [0.2, 0.25) is 5.91 Å². The second kappa shape index (κ2) is 3.03. The number of hydrogen-bond donors (Lipinski definition) is 1. The van der Waals surface area contributed by atoms with Gasteiger partial charge >= 0.3 is 0 Å². The summed E-state index contributed by atoms with van der Waals surface area (Å²) in [6.07, 6.45) is 0.852. The molecule has 0 saturated heterocycles. The lowest BCUT2D eigenvalue weighted by Crippen LogP contribution is -2.21. The molecule has 0 spiro atoms. The summed E-state index contributed by atoms with van der Waals surface area (Å²) in [7, 11) is 0. The van der Waals surface area contributed by atoms with Gasteiger partial charge in [-0.1, -0.05) is 6.92 Å². The highest BCUT2D eigenvalue weighted by molar-refractivity contribution is 5.95. The quantitative estimate of drug-likeness (QED) is 0.719. The number of hydrogen-bond acceptors (Lipinski definition) is 1. The van der Waals surface area contributed by atoms with Crippen LogP contribution >= 0.6 is 0 Å². The molecule has 0 radical (unpaired) electrons. The Kier molecular flexibility index (Phi) is 1.85. The molecule has 1 aliphatic carbocycles. The van der Waals surface area contributed by atoms with Gasteiger partial charge in [-0.25, -0.2) is 8.78 Å². The van der Waals surface area contributed by atoms with Crippen LogP contribution in [0.2, 0.25) is 0 Å². The Morgan fingerprint density at radius 2 is 2.12 bits per heavy atom. The van der Waals surface area contributed by atoms with Crippen LogP contribution < -0.4 is 5.32 Å². The van der Waals surface area contributed by atoms with Crippen molar-refractivity contribution in [2.45, 2.75) is 19.3 Å². The van der Waals surface area contributed by atoms with Gasteiger partial charge in [0.1, 0.15) is 11.6 Å². The van der Waals surface area contributed by atoms with Crippen molar-refractivity contribution in [1.82, 2.24) is 0 Å². The fraction of sp³-hybridized carbons (Fsp3) is 0.417. The lowest BCUT2D eigenvalue weighted by molar-refractivity contribution is -0.119. The van der Waals surface area contributed by atoms with Crippen LogP contribution in [-0.4, -0.2) is 5.91 Å². The van der Waals surface area contributed by atoms with Crippen molar-refractivity contribution in [3.8, 4) is 0 Å². The highest BCUT2D eigenvalue weighted by Crippen LogP contribution is 2.56. The van der Waals surface area contributed by atoms with Crippen LogP contribution in [0.5, 0.6) is 0 Å². The summed E-state index contributed by atoms with van der Waals surface area (Å²) < 4.78 is 26.7. The van der Waals surface area contributed by atoms with Crippen molar-refractivity contribution >= 4 is 11.6 Å². The van der Waals surface area contributed by atoms with Gasteiger partial charge in [-0.2, -0.15) is 0 Å². The zero-order valence-corrected chi connectivity index (χ0v) is 8.76. The minimum Gasteiger partial charge on any atom is -0.323 e. The SMILES string of the molecule is C[C@H]1C(=O)Nc2c(F)cc(F)cc2[C@@H]2C[C@H]12. The van der Waals surface area contributed by atoms with Gasteiger partial charge in [-0.3, -0.25) is 4.79 Å². The molecule has 1 saturated carbocycles. The van der Waals surface area contributed by atoms with Crippen LogP contribution in [0.4, 0.5) is 14.5 Å². The zero-order chi connectivity index (χ0) is 11.4. The van der Waals surface area contributed by atoms with E-state index in [2.05, 4.69) is 5.32 Å². The van der Waals surface area contributed by atoms with Gasteiger partial charge in [0.05, 0.1) is 5.69 Å². The van der Waals surface area contributed by atoms with Crippen molar-refractivity contribution in [2.24, 2.45) is 11.8 Å². The van der Waals surface area contributed by atoms with Crippen molar-refractivity contribution in [3.63, 3.8) is 0 Å². The summed E-state index contributed by atoms with van der Waals surface area (Å²) in [5, 5.41) is 2.55. The molecule has 0 unspecified atom stereocenters. The Bertz CT molecular complexity index is 486. The van der Waals surface area contributed by atoms with E-state index in [9.17, 15) is 13.6 Å². The molecular weight excluding hydrogens is 212 g/mol. The Morgan fingerprint density at radius 3 is 2.88 bits per heavy atom. The Labute approximate surface area is 91.7 Å². The largest absolute Gasteiger partial charge is 0.323 e. The standard InChI is InChI=1S/C12H11F2NO/c1-5-7-4-8(7)9-2-6(13)3-10(14)11(9)15-12(5)16/h2-3,5,7-8H,4H2,1H3,(H,15,16)/t5-,7-,8-/m1/s1. The zero-order valence-electron chi connectivity index (χ0n) is 8.76. The molecular formula is C12H11F2NO. The first-order chi connectivity index (χ1) is 7.58. The predicted octanol–water partition coefficient (Wildman–Crippen LogP) is 2.66. The fourth-order valence-electron chi connectivity index (χ4n) is 2.57. The maximum Gasteiger partial charge on any atom is 0.227 e. The summed E-state index contributed by atoms with van der Waals surface area (Å²) in [6, 6.07) is 2.15. The molecule has 2 aliphatic rings. The fourth-order valence-corrected chi connectivity index (χ4v) is 2.57. The Morgan fingerprint density at radius 1 is 1.38 bits per heavy atom. The van der Waals surface area contributed by atoms with E-state index in [1.165, 1.54) is 6.07 Å². The number of benzene rings is 1. The third-order valence-electron chi connectivity index (χ3n) is 3.63. The molecule has 3 rings (SSSR count). The molecule has 2 nitrogen and oxygen atoms in total. The van der Waals surface area contributed by atoms with Gasteiger partial charge in [0, 0.05) is 12.0 Å². The lowest BCUT2D eigenvalue weighted by Gasteiger charge is -2.10. The number of carbonyl (C=O) groups is 1. The first-order valence-corrected chi connectivity index (χ1v) is 5.37. The maximum atomic E-state index is 13.6. The molecule has 1 fully saturated rings. The minimum absolute atomic E-state index is 0.125. The van der Waals surface area contributed by atoms with E-state index in [-0.39, 0.29) is 29.3 Å². The van der Waals surface area contributed by atoms with E-state index >= 15 is 0 Å². The van der Waals surface area contributed by atoms with Gasteiger partial charge < -0.3 is 5.32 Å². The summed E-state index contributed by atoms with van der Waals surface area (Å²) >= 11 is 0. The number of fused-ring (bicyclic) bond motifs is 3. The monoisotopic (exact) mass is 223 g/mol. The highest BCUT2D eigenvalue weighted by atomic mass is 19.1. The summed E-state index contributed by atoms with van der Waals surface area (Å²) in [4.78, 5) is 11.7. The third kappa shape index (κ3) is 1.25. The third-order valence-corrected chi connectivity index (χ3v) is 3.63. The lowest BCUT2D eigenvalue weighted by atomic mass is 10.0. The molecule has 1 amide bonds. The Hall–Kier alpha value is -1.45. The first kappa shape index (κ1) is 9.75. The number of carbonyl (C=O) groups excluding carboxylic acids is 1. The van der Waals surface area contributed by atoms with Gasteiger partial charge in [-0.15, -0.1) is 0 Å². The van der Waals surface area contributed by atoms with Crippen molar-refractivity contribution in [1.29, 1.82) is 0 Å². The summed E-state index contributed by atoms with van der Waals surface area (Å²) in [5.41, 5.74) is 0.781. The van der Waals surface area contributed by atoms with Crippen LogP contribution in [0.1, 0.15) is 24.8 Å². The normalized spacial score (nSPS) is 31.2. The number of amides is 1. The van der Waals surface area contributed by atoms with Crippen LogP contribution in [-0.2, 0) is 4.79 Å². The van der Waals surface area contributed by atoms with E-state index < -0.39 is 11.6 Å². The smallest absolute Gasteiger partial charge is 0.227 e. The van der Waals surface area contributed by atoms with Crippen LogP contribution in [0, 0.1) is 23.5 Å². The maximum absolute atomic E-state index is 13.6. The molecule has 16 heavy (non-hydrogen) atoms. The number of anilines is 1. The average molecular weight is 223 g/mol. The first-order valence-electron chi connectivity index (χ1n) is 5.37. The molecule has 1 heterocycles. The number of rotatable bonds is 0. The van der Waals surface area contributed by atoms with E-state index in [4.69, 9.17) is 0 Å². The topological polar surface area (TPSA) is 29.1 Å². The minimum atomic E-state index is -0.678. The van der Waals surface area contributed by atoms with E-state index in [0.717, 1.165) is 12.5 Å². The molecule has 0 bridgehead atoms. The van der Waals surface area contributed by atoms with Crippen LogP contribution in [0.3, 0.4) is 0 Å². The van der Waals surface area contributed by atoms with Crippen molar-refractivity contribution < 1.29 is 13.6 Å². The number of nitrogens with one attached hydrogen (secondary N) is 1. The van der Waals surface area contributed by atoms with E-state index in [0.29, 0.717) is 5.56 Å². The molecule has 1 N–H and O–H groups in total. The number of halogens is 2. The highest BCUT2D eigenvalue weighted by Gasteiger charge is 2.48.